The summed E-state index contributed by atoms with van der Waals surface area (Å²) in [7, 11) is 0. The Morgan fingerprint density at radius 3 is 2.65 bits per heavy atom. The fourth-order valence-electron chi connectivity index (χ4n) is 2.40. The molecule has 1 N–H and O–H groups in total. The van der Waals surface area contributed by atoms with E-state index >= 15 is 0 Å². The molecule has 1 aliphatic rings. The zero-order valence-corrected chi connectivity index (χ0v) is 11.5. The van der Waals surface area contributed by atoms with Crippen LogP contribution < -0.4 is 5.32 Å². The molecule has 0 saturated carbocycles. The van der Waals surface area contributed by atoms with Crippen LogP contribution in [0.15, 0.2) is 18.2 Å². The van der Waals surface area contributed by atoms with Crippen molar-refractivity contribution < 1.29 is 18.3 Å². The van der Waals surface area contributed by atoms with Crippen LogP contribution in [-0.2, 0) is 9.53 Å². The van der Waals surface area contributed by atoms with E-state index in [0.717, 1.165) is 18.2 Å². The smallest absolute Gasteiger partial charge is 0.238 e. The van der Waals surface area contributed by atoms with Gasteiger partial charge in [-0.05, 0) is 26.0 Å². The first-order chi connectivity index (χ1) is 9.44. The third kappa shape index (κ3) is 3.98. The van der Waals surface area contributed by atoms with Gasteiger partial charge in [0.05, 0.1) is 24.4 Å². The predicted molar refractivity (Wildman–Crippen MR) is 71.4 cm³/mol. The summed E-state index contributed by atoms with van der Waals surface area (Å²) in [6, 6.07) is 2.97. The van der Waals surface area contributed by atoms with Crippen LogP contribution in [0.3, 0.4) is 0 Å². The molecule has 2 atom stereocenters. The van der Waals surface area contributed by atoms with Crippen molar-refractivity contribution >= 4 is 11.6 Å². The lowest BCUT2D eigenvalue weighted by atomic mass is 10.2. The first kappa shape index (κ1) is 14.9. The molecule has 0 radical (unpaired) electrons. The number of benzene rings is 1. The highest BCUT2D eigenvalue weighted by molar-refractivity contribution is 5.92. The van der Waals surface area contributed by atoms with Gasteiger partial charge in [0.1, 0.15) is 11.6 Å². The van der Waals surface area contributed by atoms with E-state index in [0.29, 0.717) is 13.1 Å². The summed E-state index contributed by atoms with van der Waals surface area (Å²) in [5, 5.41) is 2.39. The average Bonchev–Trinajstić information content (AvgIpc) is 2.32. The summed E-state index contributed by atoms with van der Waals surface area (Å²) in [6.07, 6.45) is 0.106. The van der Waals surface area contributed by atoms with Gasteiger partial charge in [0.15, 0.2) is 0 Å². The lowest BCUT2D eigenvalue weighted by Gasteiger charge is -2.34. The maximum atomic E-state index is 13.4. The van der Waals surface area contributed by atoms with E-state index in [4.69, 9.17) is 4.74 Å². The van der Waals surface area contributed by atoms with Crippen molar-refractivity contribution in [3.05, 3.63) is 29.8 Å². The van der Waals surface area contributed by atoms with Crippen molar-refractivity contribution in [2.24, 2.45) is 0 Å². The average molecular weight is 284 g/mol. The molecule has 1 saturated heterocycles. The lowest BCUT2D eigenvalue weighted by Crippen LogP contribution is -2.48. The number of ether oxygens (including phenoxy) is 1. The lowest BCUT2D eigenvalue weighted by molar-refractivity contribution is -0.121. The topological polar surface area (TPSA) is 41.6 Å². The molecule has 1 aromatic carbocycles. The van der Waals surface area contributed by atoms with Crippen LogP contribution in [0.4, 0.5) is 14.5 Å². The van der Waals surface area contributed by atoms with Crippen molar-refractivity contribution in [3.63, 3.8) is 0 Å². The van der Waals surface area contributed by atoms with Gasteiger partial charge in [0.25, 0.3) is 0 Å². The summed E-state index contributed by atoms with van der Waals surface area (Å²) in [5.74, 6) is -1.60. The summed E-state index contributed by atoms with van der Waals surface area (Å²) in [5.41, 5.74) is -0.135. The molecule has 0 bridgehead atoms. The second kappa shape index (κ2) is 6.28. The van der Waals surface area contributed by atoms with Gasteiger partial charge in [-0.15, -0.1) is 0 Å². The Morgan fingerprint density at radius 1 is 1.35 bits per heavy atom. The number of rotatable bonds is 3. The highest BCUT2D eigenvalue weighted by Crippen LogP contribution is 2.16. The van der Waals surface area contributed by atoms with Crippen LogP contribution in [0.1, 0.15) is 13.8 Å². The van der Waals surface area contributed by atoms with Crippen LogP contribution in [0.5, 0.6) is 0 Å². The molecule has 1 heterocycles. The molecule has 20 heavy (non-hydrogen) atoms. The Labute approximate surface area is 116 Å². The van der Waals surface area contributed by atoms with E-state index in [1.54, 1.807) is 0 Å². The Kier molecular flexibility index (Phi) is 4.67. The molecule has 6 heteroatoms. The first-order valence-electron chi connectivity index (χ1n) is 6.56. The van der Waals surface area contributed by atoms with E-state index in [2.05, 4.69) is 5.32 Å². The van der Waals surface area contributed by atoms with Gasteiger partial charge in [0.2, 0.25) is 5.91 Å². The molecule has 1 aliphatic heterocycles. The minimum Gasteiger partial charge on any atom is -0.373 e. The summed E-state index contributed by atoms with van der Waals surface area (Å²) < 4.78 is 32.0. The highest BCUT2D eigenvalue weighted by atomic mass is 19.1. The molecule has 4 nitrogen and oxygen atoms in total. The van der Waals surface area contributed by atoms with Gasteiger partial charge in [-0.25, -0.2) is 8.78 Å². The molecule has 110 valence electrons. The number of nitrogens with zero attached hydrogens (tertiary/aromatic N) is 1. The highest BCUT2D eigenvalue weighted by Gasteiger charge is 2.23. The molecular weight excluding hydrogens is 266 g/mol. The maximum Gasteiger partial charge on any atom is 0.238 e. The molecule has 1 fully saturated rings. The van der Waals surface area contributed by atoms with Gasteiger partial charge in [-0.1, -0.05) is 0 Å². The number of carbonyl (C=O) groups excluding carboxylic acids is 1. The molecule has 2 rings (SSSR count). The number of amides is 1. The minimum absolute atomic E-state index is 0.0532. The molecule has 0 aromatic heterocycles. The van der Waals surface area contributed by atoms with E-state index < -0.39 is 11.6 Å². The number of carbonyl (C=O) groups is 1. The van der Waals surface area contributed by atoms with Gasteiger partial charge < -0.3 is 10.1 Å². The van der Waals surface area contributed by atoms with Crippen LogP contribution in [0.2, 0.25) is 0 Å². The number of hydrogen-bond acceptors (Lipinski definition) is 3. The molecular formula is C14H18F2N2O2. The zero-order chi connectivity index (χ0) is 14.7. The Hall–Kier alpha value is -1.53. The van der Waals surface area contributed by atoms with Crippen molar-refractivity contribution in [1.82, 2.24) is 4.90 Å². The van der Waals surface area contributed by atoms with Crippen molar-refractivity contribution in [1.29, 1.82) is 0 Å². The predicted octanol–water partition coefficient (Wildman–Crippen LogP) is 2.01. The van der Waals surface area contributed by atoms with Crippen LogP contribution in [-0.4, -0.2) is 42.6 Å². The van der Waals surface area contributed by atoms with Crippen molar-refractivity contribution in [2.45, 2.75) is 26.1 Å². The first-order valence-corrected chi connectivity index (χ1v) is 6.56. The van der Waals surface area contributed by atoms with Gasteiger partial charge >= 0.3 is 0 Å². The second-order valence-electron chi connectivity index (χ2n) is 5.12. The van der Waals surface area contributed by atoms with Gasteiger partial charge in [-0.2, -0.15) is 0 Å². The molecule has 1 aromatic rings. The van der Waals surface area contributed by atoms with Crippen LogP contribution >= 0.6 is 0 Å². The normalized spacial score (nSPS) is 23.6. The maximum absolute atomic E-state index is 13.4. The Bertz CT molecular complexity index is 486. The van der Waals surface area contributed by atoms with E-state index in [1.165, 1.54) is 0 Å². The minimum atomic E-state index is -0.650. The third-order valence-corrected chi connectivity index (χ3v) is 3.06. The fraction of sp³-hybridized carbons (Fsp3) is 0.500. The van der Waals surface area contributed by atoms with Crippen molar-refractivity contribution in [2.75, 3.05) is 25.0 Å². The van der Waals surface area contributed by atoms with Gasteiger partial charge in [-0.3, -0.25) is 9.69 Å². The quantitative estimate of drug-likeness (QED) is 0.923. The standard InChI is InChI=1S/C14H18F2N2O2/c1-9-6-18(7-10(2)20-9)8-14(19)17-13-5-11(15)3-4-12(13)16/h3-5,9-10H,6-8H2,1-2H3,(H,17,19)/t9-,10+. The van der Waals surface area contributed by atoms with Crippen molar-refractivity contribution in [3.8, 4) is 0 Å². The van der Waals surface area contributed by atoms with E-state index in [9.17, 15) is 13.6 Å². The Balaban J connectivity index is 1.93. The molecule has 0 spiro atoms. The number of nitrogens with one attached hydrogen (secondary N) is 1. The number of morpholine rings is 1. The van der Waals surface area contributed by atoms with E-state index in [1.807, 2.05) is 18.7 Å². The number of hydrogen-bond donors (Lipinski definition) is 1. The summed E-state index contributed by atoms with van der Waals surface area (Å²) >= 11 is 0. The van der Waals surface area contributed by atoms with Gasteiger partial charge in [0, 0.05) is 19.2 Å². The summed E-state index contributed by atoms with van der Waals surface area (Å²) in [6.45, 7) is 5.29. The fourth-order valence-corrected chi connectivity index (χ4v) is 2.40. The molecule has 0 aliphatic carbocycles. The molecule has 0 unspecified atom stereocenters. The monoisotopic (exact) mass is 284 g/mol. The third-order valence-electron chi connectivity index (χ3n) is 3.06. The largest absolute Gasteiger partial charge is 0.373 e. The zero-order valence-electron chi connectivity index (χ0n) is 11.5. The number of anilines is 1. The SMILES string of the molecule is C[C@@H]1CN(CC(=O)Nc2cc(F)ccc2F)C[C@H](C)O1. The Morgan fingerprint density at radius 2 is 2.00 bits per heavy atom. The van der Waals surface area contributed by atoms with Crippen LogP contribution in [0, 0.1) is 11.6 Å². The summed E-state index contributed by atoms with van der Waals surface area (Å²) in [4.78, 5) is 13.8. The number of halogens is 2. The van der Waals surface area contributed by atoms with E-state index in [-0.39, 0.29) is 30.3 Å². The second-order valence-corrected chi connectivity index (χ2v) is 5.12. The molecule has 1 amide bonds. The van der Waals surface area contributed by atoms with Crippen LogP contribution in [0.25, 0.3) is 0 Å².